The molecule has 0 atom stereocenters. The van der Waals surface area contributed by atoms with Gasteiger partial charge in [0.25, 0.3) is 5.91 Å². The standard InChI is InChI=1S/C14H15N3O2/c1-10-8-16-7-6-12(10)17-14(18)9-19-13-5-3-2-4-11(13)15/h2-8H,9,15H2,1H3,(H,16,17,18). The van der Waals surface area contributed by atoms with E-state index in [1.54, 1.807) is 36.7 Å². The smallest absolute Gasteiger partial charge is 0.262 e. The van der Waals surface area contributed by atoms with Crippen molar-refractivity contribution in [2.75, 3.05) is 17.7 Å². The minimum atomic E-state index is -0.238. The highest BCUT2D eigenvalue weighted by Gasteiger charge is 2.06. The fourth-order valence-electron chi connectivity index (χ4n) is 1.56. The van der Waals surface area contributed by atoms with Crippen LogP contribution in [0, 0.1) is 6.92 Å². The summed E-state index contributed by atoms with van der Waals surface area (Å²) in [5.74, 6) is 0.265. The number of aryl methyl sites for hydroxylation is 1. The maximum atomic E-state index is 11.8. The number of nitrogen functional groups attached to an aromatic ring is 1. The van der Waals surface area contributed by atoms with Gasteiger partial charge in [0, 0.05) is 18.1 Å². The Morgan fingerprint density at radius 1 is 1.37 bits per heavy atom. The third kappa shape index (κ3) is 3.45. The van der Waals surface area contributed by atoms with Crippen LogP contribution in [0.15, 0.2) is 42.7 Å². The van der Waals surface area contributed by atoms with E-state index in [9.17, 15) is 4.79 Å². The molecule has 2 rings (SSSR count). The minimum Gasteiger partial charge on any atom is -0.482 e. The van der Waals surface area contributed by atoms with Gasteiger partial charge in [-0.2, -0.15) is 0 Å². The molecule has 98 valence electrons. The van der Waals surface area contributed by atoms with Gasteiger partial charge in [-0.1, -0.05) is 12.1 Å². The van der Waals surface area contributed by atoms with Crippen LogP contribution in [0.5, 0.6) is 5.75 Å². The molecule has 1 heterocycles. The molecule has 0 unspecified atom stereocenters. The van der Waals surface area contributed by atoms with Crippen molar-refractivity contribution in [1.29, 1.82) is 0 Å². The van der Waals surface area contributed by atoms with Crippen molar-refractivity contribution in [3.63, 3.8) is 0 Å². The van der Waals surface area contributed by atoms with Crippen LogP contribution in [0.1, 0.15) is 5.56 Å². The first-order valence-corrected chi connectivity index (χ1v) is 5.84. The second kappa shape index (κ2) is 5.86. The molecule has 0 saturated heterocycles. The summed E-state index contributed by atoms with van der Waals surface area (Å²) in [6.45, 7) is 1.79. The predicted molar refractivity (Wildman–Crippen MR) is 74.0 cm³/mol. The quantitative estimate of drug-likeness (QED) is 0.821. The van der Waals surface area contributed by atoms with Gasteiger partial charge in [0.15, 0.2) is 6.61 Å². The summed E-state index contributed by atoms with van der Waals surface area (Å²) in [5, 5.41) is 2.76. The summed E-state index contributed by atoms with van der Waals surface area (Å²) in [4.78, 5) is 15.7. The van der Waals surface area contributed by atoms with Crippen LogP contribution < -0.4 is 15.8 Å². The lowest BCUT2D eigenvalue weighted by atomic mass is 10.2. The Kier molecular flexibility index (Phi) is 3.97. The molecule has 0 bridgehead atoms. The summed E-state index contributed by atoms with van der Waals surface area (Å²) < 4.78 is 5.36. The number of hydrogen-bond acceptors (Lipinski definition) is 4. The molecule has 5 nitrogen and oxygen atoms in total. The zero-order valence-electron chi connectivity index (χ0n) is 10.6. The van der Waals surface area contributed by atoms with Crippen LogP contribution in [0.3, 0.4) is 0 Å². The van der Waals surface area contributed by atoms with Crippen LogP contribution in [-0.4, -0.2) is 17.5 Å². The highest BCUT2D eigenvalue weighted by molar-refractivity contribution is 5.92. The lowest BCUT2D eigenvalue weighted by Crippen LogP contribution is -2.21. The highest BCUT2D eigenvalue weighted by atomic mass is 16.5. The van der Waals surface area contributed by atoms with Crippen molar-refractivity contribution in [2.45, 2.75) is 6.92 Å². The van der Waals surface area contributed by atoms with Crippen molar-refractivity contribution in [2.24, 2.45) is 0 Å². The molecule has 0 spiro atoms. The molecule has 0 radical (unpaired) electrons. The normalized spacial score (nSPS) is 9.95. The Hall–Kier alpha value is -2.56. The van der Waals surface area contributed by atoms with Gasteiger partial charge in [-0.25, -0.2) is 0 Å². The lowest BCUT2D eigenvalue weighted by Gasteiger charge is -2.10. The Morgan fingerprint density at radius 3 is 2.89 bits per heavy atom. The van der Waals surface area contributed by atoms with Crippen LogP contribution >= 0.6 is 0 Å². The summed E-state index contributed by atoms with van der Waals surface area (Å²) in [5.41, 5.74) is 7.85. The number of para-hydroxylation sites is 2. The number of carbonyl (C=O) groups is 1. The number of nitrogens with two attached hydrogens (primary N) is 1. The van der Waals surface area contributed by atoms with E-state index in [1.165, 1.54) is 0 Å². The van der Waals surface area contributed by atoms with Crippen molar-refractivity contribution < 1.29 is 9.53 Å². The molecule has 1 amide bonds. The minimum absolute atomic E-state index is 0.0873. The van der Waals surface area contributed by atoms with Crippen LogP contribution in [0.25, 0.3) is 0 Å². The number of ether oxygens (including phenoxy) is 1. The monoisotopic (exact) mass is 257 g/mol. The number of carbonyl (C=O) groups excluding carboxylic acids is 1. The van der Waals surface area contributed by atoms with Gasteiger partial charge in [-0.3, -0.25) is 9.78 Å². The Balaban J connectivity index is 1.92. The number of pyridine rings is 1. The average molecular weight is 257 g/mol. The third-order valence-corrected chi connectivity index (χ3v) is 2.57. The highest BCUT2D eigenvalue weighted by Crippen LogP contribution is 2.19. The fraction of sp³-hybridized carbons (Fsp3) is 0.143. The largest absolute Gasteiger partial charge is 0.482 e. The number of nitrogens with one attached hydrogen (secondary N) is 1. The van der Waals surface area contributed by atoms with E-state index in [1.807, 2.05) is 13.0 Å². The molecule has 1 aromatic carbocycles. The molecule has 0 fully saturated rings. The second-order valence-electron chi connectivity index (χ2n) is 4.07. The van der Waals surface area contributed by atoms with E-state index < -0.39 is 0 Å². The van der Waals surface area contributed by atoms with Crippen molar-refractivity contribution in [1.82, 2.24) is 4.98 Å². The van der Waals surface area contributed by atoms with E-state index in [0.717, 1.165) is 11.3 Å². The third-order valence-electron chi connectivity index (χ3n) is 2.57. The second-order valence-corrected chi connectivity index (χ2v) is 4.07. The van der Waals surface area contributed by atoms with E-state index in [0.29, 0.717) is 11.4 Å². The van der Waals surface area contributed by atoms with Gasteiger partial charge in [0.1, 0.15) is 5.75 Å². The molecule has 0 aliphatic rings. The van der Waals surface area contributed by atoms with E-state index >= 15 is 0 Å². The summed E-state index contributed by atoms with van der Waals surface area (Å²) in [6.07, 6.45) is 3.31. The number of rotatable bonds is 4. The fourth-order valence-corrected chi connectivity index (χ4v) is 1.56. The molecule has 2 aromatic rings. The Labute approximate surface area is 111 Å². The first-order chi connectivity index (χ1) is 9.16. The van der Waals surface area contributed by atoms with Gasteiger partial charge in [-0.15, -0.1) is 0 Å². The zero-order valence-corrected chi connectivity index (χ0v) is 10.6. The van der Waals surface area contributed by atoms with Crippen LogP contribution in [0.2, 0.25) is 0 Å². The number of anilines is 2. The summed E-state index contributed by atoms with van der Waals surface area (Å²) >= 11 is 0. The number of nitrogens with zero attached hydrogens (tertiary/aromatic N) is 1. The van der Waals surface area contributed by atoms with Gasteiger partial charge < -0.3 is 15.8 Å². The van der Waals surface area contributed by atoms with E-state index in [4.69, 9.17) is 10.5 Å². The lowest BCUT2D eigenvalue weighted by molar-refractivity contribution is -0.118. The van der Waals surface area contributed by atoms with Gasteiger partial charge in [-0.05, 0) is 30.7 Å². The van der Waals surface area contributed by atoms with Gasteiger partial charge >= 0.3 is 0 Å². The Morgan fingerprint density at radius 2 is 2.16 bits per heavy atom. The zero-order chi connectivity index (χ0) is 13.7. The van der Waals surface area contributed by atoms with Crippen molar-refractivity contribution >= 4 is 17.3 Å². The predicted octanol–water partition coefficient (Wildman–Crippen LogP) is 1.99. The average Bonchev–Trinajstić information content (AvgIpc) is 2.40. The molecular formula is C14H15N3O2. The number of benzene rings is 1. The van der Waals surface area contributed by atoms with Gasteiger partial charge in [0.05, 0.1) is 5.69 Å². The molecule has 3 N–H and O–H groups in total. The van der Waals surface area contributed by atoms with Crippen molar-refractivity contribution in [3.05, 3.63) is 48.3 Å². The van der Waals surface area contributed by atoms with Crippen LogP contribution in [0.4, 0.5) is 11.4 Å². The van der Waals surface area contributed by atoms with E-state index in [-0.39, 0.29) is 12.5 Å². The topological polar surface area (TPSA) is 77.2 Å². The molecule has 1 aromatic heterocycles. The summed E-state index contributed by atoms with van der Waals surface area (Å²) in [7, 11) is 0. The van der Waals surface area contributed by atoms with Crippen LogP contribution in [-0.2, 0) is 4.79 Å². The molecule has 5 heteroatoms. The number of hydrogen-bond donors (Lipinski definition) is 2. The first kappa shape index (κ1) is 12.9. The first-order valence-electron chi connectivity index (χ1n) is 5.84. The van der Waals surface area contributed by atoms with E-state index in [2.05, 4.69) is 10.3 Å². The summed E-state index contributed by atoms with van der Waals surface area (Å²) in [6, 6.07) is 8.80. The molecule has 0 saturated carbocycles. The maximum Gasteiger partial charge on any atom is 0.262 e. The molecule has 0 aliphatic heterocycles. The molecule has 19 heavy (non-hydrogen) atoms. The SMILES string of the molecule is Cc1cnccc1NC(=O)COc1ccccc1N. The molecular weight excluding hydrogens is 242 g/mol. The number of aromatic nitrogens is 1. The Bertz CT molecular complexity index is 584. The molecule has 0 aliphatic carbocycles. The van der Waals surface area contributed by atoms with Crippen molar-refractivity contribution in [3.8, 4) is 5.75 Å². The number of amides is 1. The maximum absolute atomic E-state index is 11.8. The van der Waals surface area contributed by atoms with Gasteiger partial charge in [0.2, 0.25) is 0 Å².